The quantitative estimate of drug-likeness (QED) is 0.125. The van der Waals surface area contributed by atoms with Gasteiger partial charge in [0.25, 0.3) is 0 Å². The zero-order chi connectivity index (χ0) is 28.7. The van der Waals surface area contributed by atoms with E-state index in [1.165, 1.54) is 24.3 Å². The smallest absolute Gasteiger partial charge is 0.309 e. The molecule has 204 valence electrons. The van der Waals surface area contributed by atoms with Crippen LogP contribution in [0.1, 0.15) is 82.1 Å². The molecule has 2 aromatic rings. The van der Waals surface area contributed by atoms with Crippen molar-refractivity contribution in [3.05, 3.63) is 52.6 Å². The van der Waals surface area contributed by atoms with Crippen molar-refractivity contribution in [3.63, 3.8) is 0 Å². The molecule has 0 saturated carbocycles. The van der Waals surface area contributed by atoms with Crippen molar-refractivity contribution in [1.29, 1.82) is 0 Å². The summed E-state index contributed by atoms with van der Waals surface area (Å²) in [6.45, 7) is 6.58. The van der Waals surface area contributed by atoms with Crippen molar-refractivity contribution in [3.8, 4) is 34.8 Å². The van der Waals surface area contributed by atoms with Crippen LogP contribution in [0.5, 0.6) is 23.0 Å². The molecule has 0 heterocycles. The van der Waals surface area contributed by atoms with Gasteiger partial charge in [0, 0.05) is 5.56 Å². The second-order valence-electron chi connectivity index (χ2n) is 10.7. The largest absolute Gasteiger partial charge is 0.508 e. The average Bonchev–Trinajstić information content (AvgIpc) is 2.82. The Bertz CT molecular complexity index is 1280. The van der Waals surface area contributed by atoms with Crippen LogP contribution >= 0.6 is 0 Å². The van der Waals surface area contributed by atoms with Crippen LogP contribution in [-0.4, -0.2) is 42.6 Å². The van der Waals surface area contributed by atoms with E-state index < -0.39 is 22.8 Å². The van der Waals surface area contributed by atoms with Crippen LogP contribution in [0.4, 0.5) is 0 Å². The number of carboxylic acid groups (broad SMARTS) is 2. The molecule has 8 heteroatoms. The molecular weight excluding hydrogens is 488 g/mol. The molecule has 0 atom stereocenters. The third-order valence-electron chi connectivity index (χ3n) is 6.52. The zero-order valence-corrected chi connectivity index (χ0v) is 22.2. The van der Waals surface area contributed by atoms with Crippen LogP contribution in [0.2, 0.25) is 0 Å². The Labute approximate surface area is 222 Å². The lowest BCUT2D eigenvalue weighted by molar-refractivity contribution is -0.148. The number of phenols is 4. The number of hydrogen-bond donors (Lipinski definition) is 6. The van der Waals surface area contributed by atoms with Gasteiger partial charge < -0.3 is 30.6 Å². The molecule has 38 heavy (non-hydrogen) atoms. The number of rotatable bonds is 11. The van der Waals surface area contributed by atoms with E-state index in [4.69, 9.17) is 0 Å². The van der Waals surface area contributed by atoms with E-state index in [0.29, 0.717) is 49.7 Å². The summed E-state index contributed by atoms with van der Waals surface area (Å²) in [5.41, 5.74) is -0.719. The molecule has 0 aliphatic rings. The van der Waals surface area contributed by atoms with Crippen LogP contribution in [-0.2, 0) is 16.0 Å². The molecule has 0 saturated heterocycles. The van der Waals surface area contributed by atoms with Gasteiger partial charge >= 0.3 is 11.9 Å². The van der Waals surface area contributed by atoms with Crippen LogP contribution in [0, 0.1) is 22.7 Å². The first-order valence-electron chi connectivity index (χ1n) is 12.4. The first-order chi connectivity index (χ1) is 17.6. The van der Waals surface area contributed by atoms with Crippen molar-refractivity contribution < 1.29 is 40.2 Å². The van der Waals surface area contributed by atoms with E-state index in [1.807, 2.05) is 0 Å². The molecule has 0 amide bonds. The fraction of sp³-hybridized carbons (Fsp3) is 0.400. The van der Waals surface area contributed by atoms with Gasteiger partial charge in [-0.2, -0.15) is 0 Å². The van der Waals surface area contributed by atoms with E-state index in [0.717, 1.165) is 0 Å². The number of aliphatic carboxylic acids is 2. The van der Waals surface area contributed by atoms with Crippen molar-refractivity contribution in [2.75, 3.05) is 0 Å². The fourth-order valence-electron chi connectivity index (χ4n) is 3.71. The van der Waals surface area contributed by atoms with Gasteiger partial charge in [0.2, 0.25) is 0 Å². The number of hydrogen-bond acceptors (Lipinski definition) is 6. The Morgan fingerprint density at radius 3 is 1.87 bits per heavy atom. The van der Waals surface area contributed by atoms with E-state index in [9.17, 15) is 40.2 Å². The standard InChI is InChI=1S/C30H36O8/c1-29(2,27(35)36)13-7-5-9-19-15-23(31)17-21(25(19)33)11-12-22-18-24(32)16-20(26(22)34)10-6-8-14-30(3,4)28(37)38/h5,9,15-18,31-34H,6-8,10,13-14H2,1-4H3,(H,35,36)(H,37,38). The zero-order valence-electron chi connectivity index (χ0n) is 22.2. The third-order valence-corrected chi connectivity index (χ3v) is 6.52. The van der Waals surface area contributed by atoms with E-state index in [2.05, 4.69) is 11.8 Å². The number of carbonyl (C=O) groups is 2. The maximum atomic E-state index is 11.3. The minimum Gasteiger partial charge on any atom is -0.508 e. The Morgan fingerprint density at radius 2 is 1.29 bits per heavy atom. The van der Waals surface area contributed by atoms with Gasteiger partial charge in [-0.05, 0) is 89.6 Å². The van der Waals surface area contributed by atoms with Gasteiger partial charge in [0.1, 0.15) is 23.0 Å². The Hall–Kier alpha value is -4.12. The number of benzene rings is 2. The van der Waals surface area contributed by atoms with Crippen LogP contribution < -0.4 is 0 Å². The lowest BCUT2D eigenvalue weighted by atomic mass is 9.87. The van der Waals surface area contributed by atoms with Gasteiger partial charge in [0.05, 0.1) is 22.0 Å². The van der Waals surface area contributed by atoms with Crippen molar-refractivity contribution >= 4 is 18.0 Å². The summed E-state index contributed by atoms with van der Waals surface area (Å²) < 4.78 is 0. The highest BCUT2D eigenvalue weighted by Gasteiger charge is 2.26. The molecule has 0 aliphatic heterocycles. The normalized spacial score (nSPS) is 11.8. The SMILES string of the molecule is CC(C)(CCC=Cc1cc(O)cc(C#Cc2cc(O)cc(CCCCC(C)(C)C(=O)O)c2O)c1O)C(=O)O. The summed E-state index contributed by atoms with van der Waals surface area (Å²) >= 11 is 0. The van der Waals surface area contributed by atoms with E-state index in [1.54, 1.807) is 39.8 Å². The molecular formula is C30H36O8. The van der Waals surface area contributed by atoms with E-state index >= 15 is 0 Å². The number of aryl methyl sites for hydroxylation is 1. The molecule has 0 aliphatic carbocycles. The number of carboxylic acids is 2. The van der Waals surface area contributed by atoms with E-state index in [-0.39, 0.29) is 34.1 Å². The average molecular weight is 525 g/mol. The molecule has 0 bridgehead atoms. The fourth-order valence-corrected chi connectivity index (χ4v) is 3.71. The van der Waals surface area contributed by atoms with Gasteiger partial charge in [-0.25, -0.2) is 0 Å². The van der Waals surface area contributed by atoms with Gasteiger partial charge in [-0.1, -0.05) is 30.4 Å². The highest BCUT2D eigenvalue weighted by atomic mass is 16.4. The molecule has 0 spiro atoms. The van der Waals surface area contributed by atoms with Crippen molar-refractivity contribution in [2.24, 2.45) is 10.8 Å². The Kier molecular flexibility index (Phi) is 9.84. The molecule has 0 fully saturated rings. The molecule has 0 radical (unpaired) electrons. The van der Waals surface area contributed by atoms with Gasteiger partial charge in [-0.15, -0.1) is 0 Å². The predicted octanol–water partition coefficient (Wildman–Crippen LogP) is 5.64. The van der Waals surface area contributed by atoms with Crippen molar-refractivity contribution in [2.45, 2.75) is 66.2 Å². The van der Waals surface area contributed by atoms with Crippen LogP contribution in [0.3, 0.4) is 0 Å². The minimum atomic E-state index is -0.899. The molecule has 0 unspecified atom stereocenters. The number of phenolic OH excluding ortho intramolecular Hbond substituents is 4. The number of allylic oxidation sites excluding steroid dienone is 1. The Balaban J connectivity index is 2.21. The summed E-state index contributed by atoms with van der Waals surface area (Å²) in [6, 6.07) is 5.36. The molecule has 2 aromatic carbocycles. The number of unbranched alkanes of at least 4 members (excludes halogenated alkanes) is 1. The summed E-state index contributed by atoms with van der Waals surface area (Å²) in [4.78, 5) is 22.5. The maximum absolute atomic E-state index is 11.3. The summed E-state index contributed by atoms with van der Waals surface area (Å²) in [6.07, 6.45) is 6.23. The number of aromatic hydroxyl groups is 4. The lowest BCUT2D eigenvalue weighted by Crippen LogP contribution is -2.23. The predicted molar refractivity (Wildman–Crippen MR) is 144 cm³/mol. The molecule has 0 aromatic heterocycles. The highest BCUT2D eigenvalue weighted by molar-refractivity contribution is 5.74. The van der Waals surface area contributed by atoms with Crippen LogP contribution in [0.15, 0.2) is 30.3 Å². The van der Waals surface area contributed by atoms with Gasteiger partial charge in [0.15, 0.2) is 0 Å². The summed E-state index contributed by atoms with van der Waals surface area (Å²) in [5.74, 6) is 3.16. The second-order valence-corrected chi connectivity index (χ2v) is 10.7. The molecule has 8 nitrogen and oxygen atoms in total. The Morgan fingerprint density at radius 1 is 0.763 bits per heavy atom. The maximum Gasteiger partial charge on any atom is 0.309 e. The first kappa shape index (κ1) is 30.1. The topological polar surface area (TPSA) is 156 Å². The first-order valence-corrected chi connectivity index (χ1v) is 12.4. The third kappa shape index (κ3) is 8.20. The van der Waals surface area contributed by atoms with Crippen LogP contribution in [0.25, 0.3) is 6.08 Å². The highest BCUT2D eigenvalue weighted by Crippen LogP contribution is 2.32. The minimum absolute atomic E-state index is 0.0963. The second kappa shape index (κ2) is 12.4. The lowest BCUT2D eigenvalue weighted by Gasteiger charge is -2.18. The van der Waals surface area contributed by atoms with Gasteiger partial charge in [-0.3, -0.25) is 9.59 Å². The summed E-state index contributed by atoms with van der Waals surface area (Å²) in [7, 11) is 0. The van der Waals surface area contributed by atoms with Crippen molar-refractivity contribution in [1.82, 2.24) is 0 Å². The monoisotopic (exact) mass is 524 g/mol. The summed E-state index contributed by atoms with van der Waals surface area (Å²) in [5, 5.41) is 60.0. The molecule has 6 N–H and O–H groups in total. The molecule has 2 rings (SSSR count).